The molecule has 0 saturated carbocycles. The van der Waals surface area contributed by atoms with E-state index < -0.39 is 43.7 Å². The molecule has 0 aliphatic heterocycles. The summed E-state index contributed by atoms with van der Waals surface area (Å²) in [6, 6.07) is 14.3. The Morgan fingerprint density at radius 2 is 1.58 bits per heavy atom. The predicted octanol–water partition coefficient (Wildman–Crippen LogP) is 6.75. The van der Waals surface area contributed by atoms with Crippen molar-refractivity contribution in [3.63, 3.8) is 0 Å². The van der Waals surface area contributed by atoms with E-state index >= 15 is 0 Å². The van der Waals surface area contributed by atoms with Crippen LogP contribution < -0.4 is 19.9 Å². The van der Waals surface area contributed by atoms with E-state index in [-0.39, 0.29) is 35.2 Å². The van der Waals surface area contributed by atoms with Gasteiger partial charge in [-0.25, -0.2) is 0 Å². The van der Waals surface area contributed by atoms with Gasteiger partial charge in [-0.3, -0.25) is 4.79 Å². The smallest absolute Gasteiger partial charge is 0.406 e. The maximum Gasteiger partial charge on any atom is 0.406 e. The standard InChI is InChI=1S/C29H27Cl4F3N2O5/c1-17-11-23(31)26(24(32)12-17)43-10-9-42-21-7-5-18(6-8-21)13-20(14-37-28(40)41)27(39)38(16-29(34,35)36)15-19-3-2-4-22(30)25(19)33/h2-8,11-12,20,37H,9-10,13-16H2,1H3,(H,40,41)/p-1. The number of hydrogen-bond acceptors (Lipinski definition) is 5. The quantitative estimate of drug-likeness (QED) is 0.202. The Labute approximate surface area is 266 Å². The first-order chi connectivity index (χ1) is 20.2. The van der Waals surface area contributed by atoms with E-state index in [1.54, 1.807) is 36.4 Å². The molecule has 0 bridgehead atoms. The molecule has 3 rings (SSSR count). The zero-order valence-corrected chi connectivity index (χ0v) is 25.7. The van der Waals surface area contributed by atoms with Crippen LogP contribution in [0.1, 0.15) is 16.7 Å². The molecule has 0 aromatic heterocycles. The number of nitrogens with zero attached hydrogens (tertiary/aromatic N) is 1. The van der Waals surface area contributed by atoms with E-state index in [1.165, 1.54) is 18.2 Å². The summed E-state index contributed by atoms with van der Waals surface area (Å²) >= 11 is 24.5. The lowest BCUT2D eigenvalue weighted by Crippen LogP contribution is -2.47. The van der Waals surface area contributed by atoms with Crippen LogP contribution in [0.2, 0.25) is 20.1 Å². The summed E-state index contributed by atoms with van der Waals surface area (Å²) in [5.41, 5.74) is 1.64. The van der Waals surface area contributed by atoms with Crippen LogP contribution in [-0.4, -0.2) is 49.4 Å². The zero-order valence-electron chi connectivity index (χ0n) is 22.7. The van der Waals surface area contributed by atoms with Crippen molar-refractivity contribution in [2.45, 2.75) is 26.1 Å². The number of hydrogen-bond donors (Lipinski definition) is 1. The van der Waals surface area contributed by atoms with Crippen molar-refractivity contribution in [2.75, 3.05) is 26.3 Å². The topological polar surface area (TPSA) is 90.9 Å². The first-order valence-corrected chi connectivity index (χ1v) is 14.3. The van der Waals surface area contributed by atoms with Gasteiger partial charge in [-0.1, -0.05) is 70.7 Å². The van der Waals surface area contributed by atoms with Gasteiger partial charge in [0.2, 0.25) is 5.91 Å². The van der Waals surface area contributed by atoms with Gasteiger partial charge < -0.3 is 29.6 Å². The molecule has 2 amide bonds. The number of amides is 2. The third kappa shape index (κ3) is 10.9. The van der Waals surface area contributed by atoms with Crippen LogP contribution in [0, 0.1) is 12.8 Å². The van der Waals surface area contributed by atoms with Gasteiger partial charge >= 0.3 is 6.18 Å². The van der Waals surface area contributed by atoms with Gasteiger partial charge in [-0.15, -0.1) is 0 Å². The fraction of sp³-hybridized carbons (Fsp3) is 0.310. The molecule has 0 spiro atoms. The number of halogens is 7. The Hall–Kier alpha value is -3.05. The highest BCUT2D eigenvalue weighted by atomic mass is 35.5. The minimum absolute atomic E-state index is 0.0135. The van der Waals surface area contributed by atoms with Crippen LogP contribution in [0.25, 0.3) is 0 Å². The maximum absolute atomic E-state index is 13.5. The second-order valence-corrected chi connectivity index (χ2v) is 11.1. The van der Waals surface area contributed by atoms with E-state index in [1.807, 2.05) is 12.2 Å². The Kier molecular flexibility index (Phi) is 12.5. The normalized spacial score (nSPS) is 12.0. The molecule has 7 nitrogen and oxygen atoms in total. The van der Waals surface area contributed by atoms with Gasteiger partial charge in [0.25, 0.3) is 0 Å². The van der Waals surface area contributed by atoms with Crippen molar-refractivity contribution in [3.05, 3.63) is 91.4 Å². The van der Waals surface area contributed by atoms with Crippen molar-refractivity contribution < 1.29 is 37.3 Å². The SMILES string of the molecule is Cc1cc(Cl)c(OCCOc2ccc(CC(CNC(=O)[O-])C(=O)N(Cc3cccc(Cl)c3Cl)CC(F)(F)F)cc2)c(Cl)c1. The van der Waals surface area contributed by atoms with Crippen LogP contribution in [0.4, 0.5) is 18.0 Å². The molecule has 1 N–H and O–H groups in total. The number of rotatable bonds is 13. The molecule has 0 heterocycles. The van der Waals surface area contributed by atoms with E-state index in [4.69, 9.17) is 55.9 Å². The van der Waals surface area contributed by atoms with Gasteiger partial charge in [0.1, 0.15) is 31.6 Å². The minimum atomic E-state index is -4.73. The van der Waals surface area contributed by atoms with Crippen molar-refractivity contribution in [1.29, 1.82) is 0 Å². The van der Waals surface area contributed by atoms with Gasteiger partial charge in [-0.05, 0) is 60.4 Å². The highest BCUT2D eigenvalue weighted by molar-refractivity contribution is 6.42. The molecule has 1 unspecified atom stereocenters. The Morgan fingerprint density at radius 1 is 0.953 bits per heavy atom. The molecule has 0 saturated heterocycles. The van der Waals surface area contributed by atoms with Crippen LogP contribution in [-0.2, 0) is 17.8 Å². The summed E-state index contributed by atoms with van der Waals surface area (Å²) < 4.78 is 51.7. The maximum atomic E-state index is 13.5. The highest BCUT2D eigenvalue weighted by Crippen LogP contribution is 2.34. The molecule has 3 aromatic carbocycles. The average molecular weight is 681 g/mol. The van der Waals surface area contributed by atoms with Crippen LogP contribution in [0.15, 0.2) is 54.6 Å². The lowest BCUT2D eigenvalue weighted by atomic mass is 9.97. The number of ether oxygens (including phenoxy) is 2. The molecule has 3 aromatic rings. The third-order valence-electron chi connectivity index (χ3n) is 6.06. The molecule has 0 aliphatic rings. The molecular formula is C29H26Cl4F3N2O5-. The zero-order chi connectivity index (χ0) is 31.7. The summed E-state index contributed by atoms with van der Waals surface area (Å²) in [4.78, 5) is 25.0. The molecule has 1 atom stereocenters. The monoisotopic (exact) mass is 679 g/mol. The fourth-order valence-corrected chi connectivity index (χ4v) is 5.24. The van der Waals surface area contributed by atoms with Crippen LogP contribution >= 0.6 is 46.4 Å². The predicted molar refractivity (Wildman–Crippen MR) is 157 cm³/mol. The second kappa shape index (κ2) is 15.6. The molecule has 232 valence electrons. The van der Waals surface area contributed by atoms with Gasteiger partial charge in [0.05, 0.1) is 26.0 Å². The molecule has 0 radical (unpaired) electrons. The van der Waals surface area contributed by atoms with Crippen molar-refractivity contribution >= 4 is 58.4 Å². The Morgan fingerprint density at radius 3 is 2.19 bits per heavy atom. The van der Waals surface area contributed by atoms with Gasteiger partial charge in [0, 0.05) is 13.1 Å². The van der Waals surface area contributed by atoms with Crippen molar-refractivity contribution in [3.8, 4) is 11.5 Å². The first kappa shape index (κ1) is 34.4. The summed E-state index contributed by atoms with van der Waals surface area (Å²) in [6.07, 6.45) is -6.48. The number of carbonyl (C=O) groups excluding carboxylic acids is 2. The van der Waals surface area contributed by atoms with E-state index in [0.29, 0.717) is 32.0 Å². The van der Waals surface area contributed by atoms with Gasteiger partial charge in [-0.2, -0.15) is 13.2 Å². The van der Waals surface area contributed by atoms with E-state index in [2.05, 4.69) is 0 Å². The number of aryl methyl sites for hydroxylation is 1. The third-order valence-corrected chi connectivity index (χ3v) is 7.48. The number of nitrogens with one attached hydrogen (secondary N) is 1. The second-order valence-electron chi connectivity index (χ2n) is 9.49. The summed E-state index contributed by atoms with van der Waals surface area (Å²) in [6.45, 7) is -0.408. The highest BCUT2D eigenvalue weighted by Gasteiger charge is 2.36. The fourth-order valence-electron chi connectivity index (χ4n) is 4.15. The summed E-state index contributed by atoms with van der Waals surface area (Å²) in [7, 11) is 0. The largest absolute Gasteiger partial charge is 0.530 e. The Balaban J connectivity index is 1.69. The number of carbonyl (C=O) groups is 2. The van der Waals surface area contributed by atoms with Crippen molar-refractivity contribution in [1.82, 2.24) is 10.2 Å². The minimum Gasteiger partial charge on any atom is -0.530 e. The molecular weight excluding hydrogens is 655 g/mol. The molecule has 43 heavy (non-hydrogen) atoms. The van der Waals surface area contributed by atoms with Crippen molar-refractivity contribution in [2.24, 2.45) is 5.92 Å². The van der Waals surface area contributed by atoms with E-state index in [9.17, 15) is 27.9 Å². The van der Waals surface area contributed by atoms with Gasteiger partial charge in [0.15, 0.2) is 5.75 Å². The van der Waals surface area contributed by atoms with E-state index in [0.717, 1.165) is 5.56 Å². The van der Waals surface area contributed by atoms with Crippen LogP contribution in [0.3, 0.4) is 0 Å². The molecule has 0 fully saturated rings. The summed E-state index contributed by atoms with van der Waals surface area (Å²) in [5.74, 6) is -1.33. The lowest BCUT2D eigenvalue weighted by Gasteiger charge is -2.29. The number of benzene rings is 3. The number of alkyl halides is 3. The molecule has 14 heteroatoms. The molecule has 0 aliphatic carbocycles. The average Bonchev–Trinajstić information content (AvgIpc) is 2.91. The number of carboxylic acid groups (broad SMARTS) is 1. The lowest BCUT2D eigenvalue weighted by molar-refractivity contribution is -0.250. The first-order valence-electron chi connectivity index (χ1n) is 12.8. The Bertz CT molecular complexity index is 1400. The van der Waals surface area contributed by atoms with Crippen LogP contribution in [0.5, 0.6) is 11.5 Å². The summed E-state index contributed by atoms with van der Waals surface area (Å²) in [5, 5.41) is 13.9.